The smallest absolute Gasteiger partial charge is 0.142 e. The Morgan fingerprint density at radius 1 is 1.12 bits per heavy atom. The van der Waals surface area contributed by atoms with E-state index in [1.54, 1.807) is 6.07 Å². The van der Waals surface area contributed by atoms with Crippen molar-refractivity contribution < 1.29 is 4.39 Å². The molecule has 0 aliphatic carbocycles. The SMILES string of the molecule is C=C1c2c(Cl)cccc2N=C(CC)N1c1cccc(F)c1.C=C1c2c(N)ncnc2NCN1C. The minimum Gasteiger partial charge on any atom is -0.383 e. The van der Waals surface area contributed by atoms with Crippen LogP contribution in [0.5, 0.6) is 0 Å². The summed E-state index contributed by atoms with van der Waals surface area (Å²) in [6.07, 6.45) is 2.15. The normalized spacial score (nSPS) is 14.4. The molecule has 0 fully saturated rings. The maximum absolute atomic E-state index is 13.5. The first-order valence-electron chi connectivity index (χ1n) is 10.7. The Kier molecular flexibility index (Phi) is 6.51. The molecule has 7 nitrogen and oxygen atoms in total. The van der Waals surface area contributed by atoms with E-state index in [9.17, 15) is 4.39 Å². The second-order valence-electron chi connectivity index (χ2n) is 7.74. The number of amidine groups is 1. The molecule has 0 saturated heterocycles. The number of aromatic nitrogens is 2. The van der Waals surface area contributed by atoms with Crippen LogP contribution in [0.2, 0.25) is 5.02 Å². The number of halogens is 2. The third kappa shape index (κ3) is 4.32. The predicted molar refractivity (Wildman–Crippen MR) is 138 cm³/mol. The highest BCUT2D eigenvalue weighted by atomic mass is 35.5. The van der Waals surface area contributed by atoms with Gasteiger partial charge in [0, 0.05) is 24.7 Å². The number of nitrogens with zero attached hydrogens (tertiary/aromatic N) is 5. The molecule has 174 valence electrons. The maximum Gasteiger partial charge on any atom is 0.142 e. The van der Waals surface area contributed by atoms with Gasteiger partial charge in [0.25, 0.3) is 0 Å². The molecule has 3 heterocycles. The van der Waals surface area contributed by atoms with Gasteiger partial charge in [-0.05, 0) is 30.3 Å². The van der Waals surface area contributed by atoms with Crippen LogP contribution in [-0.4, -0.2) is 34.4 Å². The fraction of sp³-hybridized carbons (Fsp3) is 0.160. The largest absolute Gasteiger partial charge is 0.383 e. The zero-order valence-corrected chi connectivity index (χ0v) is 19.8. The Balaban J connectivity index is 0.000000180. The molecule has 1 aromatic heterocycles. The molecule has 0 amide bonds. The van der Waals surface area contributed by atoms with Gasteiger partial charge in [-0.2, -0.15) is 0 Å². The van der Waals surface area contributed by atoms with Crippen molar-refractivity contribution in [1.82, 2.24) is 14.9 Å². The summed E-state index contributed by atoms with van der Waals surface area (Å²) >= 11 is 6.28. The van der Waals surface area contributed by atoms with E-state index in [1.807, 2.05) is 48.0 Å². The summed E-state index contributed by atoms with van der Waals surface area (Å²) in [5.74, 6) is 1.76. The number of hydrogen-bond donors (Lipinski definition) is 2. The van der Waals surface area contributed by atoms with Gasteiger partial charge >= 0.3 is 0 Å². The van der Waals surface area contributed by atoms with Gasteiger partial charge in [-0.3, -0.25) is 4.90 Å². The highest BCUT2D eigenvalue weighted by Gasteiger charge is 2.26. The van der Waals surface area contributed by atoms with E-state index in [1.165, 1.54) is 18.5 Å². The lowest BCUT2D eigenvalue weighted by atomic mass is 10.1. The molecule has 2 aliphatic rings. The lowest BCUT2D eigenvalue weighted by molar-refractivity contribution is 0.506. The molecule has 9 heteroatoms. The van der Waals surface area contributed by atoms with Gasteiger partial charge in [-0.15, -0.1) is 0 Å². The zero-order chi connectivity index (χ0) is 24.4. The van der Waals surface area contributed by atoms with Crippen molar-refractivity contribution in [3.05, 3.63) is 83.9 Å². The van der Waals surface area contributed by atoms with Crippen molar-refractivity contribution in [3.8, 4) is 0 Å². The molecule has 2 aliphatic heterocycles. The van der Waals surface area contributed by atoms with Crippen LogP contribution in [0, 0.1) is 5.82 Å². The summed E-state index contributed by atoms with van der Waals surface area (Å²) in [6.45, 7) is 10.8. The molecule has 0 bridgehead atoms. The second-order valence-corrected chi connectivity index (χ2v) is 8.15. The quantitative estimate of drug-likeness (QED) is 0.488. The summed E-state index contributed by atoms with van der Waals surface area (Å²) in [4.78, 5) is 16.4. The lowest BCUT2D eigenvalue weighted by Crippen LogP contribution is -2.31. The van der Waals surface area contributed by atoms with Crippen LogP contribution in [0.4, 0.5) is 27.4 Å². The van der Waals surface area contributed by atoms with Crippen molar-refractivity contribution in [2.45, 2.75) is 13.3 Å². The van der Waals surface area contributed by atoms with Crippen LogP contribution >= 0.6 is 11.6 Å². The van der Waals surface area contributed by atoms with E-state index < -0.39 is 0 Å². The molecule has 0 unspecified atom stereocenters. The van der Waals surface area contributed by atoms with E-state index in [4.69, 9.17) is 17.3 Å². The fourth-order valence-corrected chi connectivity index (χ4v) is 4.08. The molecular formula is C25H25ClFN7. The van der Waals surface area contributed by atoms with Crippen molar-refractivity contribution in [1.29, 1.82) is 0 Å². The number of rotatable bonds is 2. The van der Waals surface area contributed by atoms with Crippen LogP contribution in [0.15, 0.2) is 66.9 Å². The van der Waals surface area contributed by atoms with Gasteiger partial charge in [0.15, 0.2) is 0 Å². The van der Waals surface area contributed by atoms with Crippen LogP contribution in [0.3, 0.4) is 0 Å². The van der Waals surface area contributed by atoms with Crippen LogP contribution < -0.4 is 16.0 Å². The minimum atomic E-state index is -0.291. The summed E-state index contributed by atoms with van der Waals surface area (Å²) in [7, 11) is 1.94. The van der Waals surface area contributed by atoms with E-state index in [0.29, 0.717) is 35.3 Å². The minimum absolute atomic E-state index is 0.291. The van der Waals surface area contributed by atoms with Gasteiger partial charge in [0.1, 0.15) is 29.6 Å². The van der Waals surface area contributed by atoms with E-state index in [0.717, 1.165) is 34.2 Å². The summed E-state index contributed by atoms with van der Waals surface area (Å²) < 4.78 is 13.5. The molecular weight excluding hydrogens is 453 g/mol. The molecule has 2 aromatic carbocycles. The van der Waals surface area contributed by atoms with E-state index >= 15 is 0 Å². The van der Waals surface area contributed by atoms with Gasteiger partial charge in [0.05, 0.1) is 34.3 Å². The summed E-state index contributed by atoms with van der Waals surface area (Å²) in [5.41, 5.74) is 10.4. The number of nitrogen functional groups attached to an aromatic ring is 1. The highest BCUT2D eigenvalue weighted by Crippen LogP contribution is 2.40. The standard InChI is InChI=1S/C17H14ClFN2.C8H11N5/c1-3-16-20-15-9-5-8-14(18)17(15)11(2)21(16)13-7-4-6-12(19)10-13;1-5-6-7(9)10-3-11-8(6)12-4-13(5)2/h4-10H,2-3H2,1H3;3H,1,4H2,2H3,(H3,9,10,11,12). The van der Waals surface area contributed by atoms with Crippen molar-refractivity contribution in [2.24, 2.45) is 4.99 Å². The molecule has 3 aromatic rings. The molecule has 3 N–H and O–H groups in total. The van der Waals surface area contributed by atoms with Crippen molar-refractivity contribution >= 4 is 51.8 Å². The molecule has 0 spiro atoms. The molecule has 0 radical (unpaired) electrons. The average molecular weight is 478 g/mol. The monoisotopic (exact) mass is 477 g/mol. The molecule has 0 saturated carbocycles. The van der Waals surface area contributed by atoms with Gasteiger partial charge in [0.2, 0.25) is 0 Å². The van der Waals surface area contributed by atoms with Crippen molar-refractivity contribution in [2.75, 3.05) is 29.7 Å². The van der Waals surface area contributed by atoms with Gasteiger partial charge in [-0.1, -0.05) is 43.8 Å². The first-order chi connectivity index (χ1) is 16.3. The summed E-state index contributed by atoms with van der Waals surface area (Å²) in [6, 6.07) is 12.0. The topological polar surface area (TPSA) is 82.7 Å². The number of benzene rings is 2. The summed E-state index contributed by atoms with van der Waals surface area (Å²) in [5, 5.41) is 3.71. The first-order valence-corrected chi connectivity index (χ1v) is 11.1. The van der Waals surface area contributed by atoms with Crippen LogP contribution in [0.1, 0.15) is 24.5 Å². The van der Waals surface area contributed by atoms with Gasteiger partial charge in [-0.25, -0.2) is 19.4 Å². The Hall–Kier alpha value is -3.91. The lowest BCUT2D eigenvalue weighted by Gasteiger charge is -2.32. The Morgan fingerprint density at radius 3 is 2.62 bits per heavy atom. The Morgan fingerprint density at radius 2 is 1.88 bits per heavy atom. The predicted octanol–water partition coefficient (Wildman–Crippen LogP) is 5.75. The second kappa shape index (κ2) is 9.52. The van der Waals surface area contributed by atoms with E-state index in [2.05, 4.69) is 33.4 Å². The third-order valence-corrected chi connectivity index (χ3v) is 5.86. The average Bonchev–Trinajstić information content (AvgIpc) is 2.81. The number of hydrogen-bond acceptors (Lipinski definition) is 7. The number of fused-ring (bicyclic) bond motifs is 2. The molecule has 5 rings (SSSR count). The number of anilines is 3. The Bertz CT molecular complexity index is 1300. The van der Waals surface area contributed by atoms with E-state index in [-0.39, 0.29) is 5.82 Å². The fourth-order valence-electron chi connectivity index (χ4n) is 3.80. The first kappa shape index (κ1) is 23.3. The zero-order valence-electron chi connectivity index (χ0n) is 19.0. The molecule has 0 atom stereocenters. The Labute approximate surface area is 203 Å². The third-order valence-electron chi connectivity index (χ3n) is 5.55. The number of nitrogens with one attached hydrogen (secondary N) is 1. The van der Waals surface area contributed by atoms with Crippen molar-refractivity contribution in [3.63, 3.8) is 0 Å². The molecule has 34 heavy (non-hydrogen) atoms. The van der Waals surface area contributed by atoms with Gasteiger partial charge < -0.3 is 16.0 Å². The highest BCUT2D eigenvalue weighted by molar-refractivity contribution is 6.34. The maximum atomic E-state index is 13.5. The van der Waals surface area contributed by atoms with Crippen LogP contribution in [0.25, 0.3) is 11.4 Å². The van der Waals surface area contributed by atoms with Crippen LogP contribution in [-0.2, 0) is 0 Å². The number of nitrogens with two attached hydrogens (primary N) is 1. The number of aliphatic imine (C=N–C) groups is 1.